The summed E-state index contributed by atoms with van der Waals surface area (Å²) in [7, 11) is 0. The highest BCUT2D eigenvalue weighted by Gasteiger charge is 2.35. The second-order valence-corrected chi connectivity index (χ2v) is 12.2. The van der Waals surface area contributed by atoms with Crippen LogP contribution in [0, 0.1) is 13.8 Å². The summed E-state index contributed by atoms with van der Waals surface area (Å²) < 4.78 is 2.06. The van der Waals surface area contributed by atoms with Crippen molar-refractivity contribution >= 4 is 75.4 Å². The summed E-state index contributed by atoms with van der Waals surface area (Å²) in [5, 5.41) is 7.08. The maximum Gasteiger partial charge on any atom is 0.270 e. The first-order valence-electron chi connectivity index (χ1n) is 13.6. The van der Waals surface area contributed by atoms with Crippen molar-refractivity contribution in [1.29, 1.82) is 0 Å². The van der Waals surface area contributed by atoms with Gasteiger partial charge >= 0.3 is 0 Å². The third-order valence-corrected chi connectivity index (χ3v) is 9.38. The number of thiophene rings is 1. The molecule has 2 aliphatic rings. The quantitative estimate of drug-likeness (QED) is 0.148. The van der Waals surface area contributed by atoms with Crippen LogP contribution in [0.15, 0.2) is 66.2 Å². The van der Waals surface area contributed by atoms with Crippen molar-refractivity contribution < 1.29 is 14.4 Å². The van der Waals surface area contributed by atoms with Gasteiger partial charge in [-0.15, -0.1) is 11.3 Å². The number of carbonyl (C=O) groups excluding carboxylic acids is 3. The maximum absolute atomic E-state index is 13.7. The summed E-state index contributed by atoms with van der Waals surface area (Å²) >= 11 is 13.0. The zero-order valence-corrected chi connectivity index (χ0v) is 25.4. The monoisotopic (exact) mass is 614 g/mol. The molecule has 1 aliphatic heterocycles. The molecule has 2 aromatic carbocycles. The van der Waals surface area contributed by atoms with Gasteiger partial charge in [0.25, 0.3) is 17.7 Å². The molecular weight excluding hydrogens is 588 g/mol. The van der Waals surface area contributed by atoms with Gasteiger partial charge < -0.3 is 9.88 Å². The van der Waals surface area contributed by atoms with E-state index in [1.807, 2.05) is 50.2 Å². The predicted octanol–water partition coefficient (Wildman–Crippen LogP) is 6.77. The van der Waals surface area contributed by atoms with Crippen molar-refractivity contribution in [2.24, 2.45) is 0 Å². The van der Waals surface area contributed by atoms with Crippen LogP contribution < -0.4 is 15.5 Å². The van der Waals surface area contributed by atoms with Gasteiger partial charge in [0.1, 0.15) is 10.6 Å². The summed E-state index contributed by atoms with van der Waals surface area (Å²) in [6.45, 7) is 3.90. The number of para-hydroxylation sites is 1. The zero-order chi connectivity index (χ0) is 29.5. The maximum atomic E-state index is 13.7. The lowest BCUT2D eigenvalue weighted by Gasteiger charge is -2.28. The molecule has 0 radical (unpaired) electrons. The number of carbonyl (C=O) groups is 3. The van der Waals surface area contributed by atoms with E-state index in [2.05, 4.69) is 15.2 Å². The molecule has 6 rings (SSSR count). The van der Waals surface area contributed by atoms with Gasteiger partial charge in [0.05, 0.1) is 11.3 Å². The molecule has 1 aliphatic carbocycles. The van der Waals surface area contributed by atoms with E-state index in [1.165, 1.54) is 9.78 Å². The van der Waals surface area contributed by atoms with Crippen molar-refractivity contribution in [1.82, 2.24) is 9.88 Å². The van der Waals surface area contributed by atoms with Crippen LogP contribution in [-0.2, 0) is 22.4 Å². The topological polar surface area (TPSA) is 83.4 Å². The van der Waals surface area contributed by atoms with E-state index >= 15 is 0 Å². The van der Waals surface area contributed by atoms with Crippen molar-refractivity contribution in [3.8, 4) is 5.00 Å². The van der Waals surface area contributed by atoms with Crippen molar-refractivity contribution in [3.63, 3.8) is 0 Å². The number of anilines is 2. The van der Waals surface area contributed by atoms with Crippen molar-refractivity contribution in [3.05, 3.63) is 104 Å². The highest BCUT2D eigenvalue weighted by atomic mass is 35.5. The van der Waals surface area contributed by atoms with Crippen LogP contribution in [0.5, 0.6) is 0 Å². The molecule has 42 heavy (non-hydrogen) atoms. The molecule has 0 saturated carbocycles. The third kappa shape index (κ3) is 5.08. The molecule has 212 valence electrons. The first-order valence-corrected chi connectivity index (χ1v) is 15.2. The third-order valence-electron chi connectivity index (χ3n) is 7.57. The van der Waals surface area contributed by atoms with E-state index < -0.39 is 11.8 Å². The smallest absolute Gasteiger partial charge is 0.270 e. The van der Waals surface area contributed by atoms with Crippen LogP contribution in [-0.4, -0.2) is 27.4 Å². The minimum absolute atomic E-state index is 0.00758. The van der Waals surface area contributed by atoms with E-state index in [1.54, 1.807) is 41.7 Å². The number of hydrogen-bond donors (Lipinski definition) is 2. The molecule has 1 fully saturated rings. The number of aryl methyl sites for hydroxylation is 2. The van der Waals surface area contributed by atoms with Gasteiger partial charge in [0, 0.05) is 27.0 Å². The number of halogens is 1. The van der Waals surface area contributed by atoms with Crippen LogP contribution in [0.1, 0.15) is 50.6 Å². The minimum atomic E-state index is -0.561. The first-order chi connectivity index (χ1) is 20.2. The van der Waals surface area contributed by atoms with Crippen LogP contribution in [0.3, 0.4) is 0 Å². The molecule has 0 atom stereocenters. The first kappa shape index (κ1) is 28.1. The second kappa shape index (κ2) is 11.3. The number of aromatic nitrogens is 1. The van der Waals surface area contributed by atoms with E-state index in [-0.39, 0.29) is 16.6 Å². The molecule has 0 bridgehead atoms. The minimum Gasteiger partial charge on any atom is -0.322 e. The fraction of sp³-hybridized carbons (Fsp3) is 0.188. The zero-order valence-electron chi connectivity index (χ0n) is 23.0. The van der Waals surface area contributed by atoms with Gasteiger partial charge in [-0.1, -0.05) is 29.8 Å². The van der Waals surface area contributed by atoms with E-state index in [0.717, 1.165) is 53.3 Å². The number of benzene rings is 2. The average molecular weight is 615 g/mol. The van der Waals surface area contributed by atoms with Crippen LogP contribution in [0.2, 0.25) is 5.02 Å². The lowest BCUT2D eigenvalue weighted by atomic mass is 9.95. The van der Waals surface area contributed by atoms with Crippen LogP contribution in [0.25, 0.3) is 11.1 Å². The van der Waals surface area contributed by atoms with Gasteiger partial charge in [-0.3, -0.25) is 24.6 Å². The Hall–Kier alpha value is -4.05. The number of fused-ring (bicyclic) bond motifs is 1. The lowest BCUT2D eigenvalue weighted by Crippen LogP contribution is -2.54. The Labute approximate surface area is 257 Å². The molecule has 4 aromatic rings. The Morgan fingerprint density at radius 2 is 1.76 bits per heavy atom. The molecule has 10 heteroatoms. The Kier molecular flexibility index (Phi) is 7.57. The largest absolute Gasteiger partial charge is 0.322 e. The molecule has 0 spiro atoms. The Bertz CT molecular complexity index is 1790. The number of rotatable bonds is 5. The highest BCUT2D eigenvalue weighted by molar-refractivity contribution is 7.80. The summed E-state index contributed by atoms with van der Waals surface area (Å²) in [4.78, 5) is 42.8. The van der Waals surface area contributed by atoms with E-state index in [4.69, 9.17) is 23.8 Å². The van der Waals surface area contributed by atoms with Gasteiger partial charge in [-0.25, -0.2) is 0 Å². The Morgan fingerprint density at radius 1 is 1.05 bits per heavy atom. The molecule has 1 saturated heterocycles. The number of thiocarbonyl (C=S) groups is 1. The summed E-state index contributed by atoms with van der Waals surface area (Å²) in [5.41, 5.74) is 5.41. The predicted molar refractivity (Wildman–Crippen MR) is 172 cm³/mol. The standard InChI is InChI=1S/C32H27ClN4O3S2/c1-18-16-20(17-25-28(38)35-32(41)37(30(25)40)23-14-12-21(33)13-15-23)19(2)36(18)31-27(24-10-6-7-11-26(24)42-31)29(39)34-22-8-4-3-5-9-22/h3-5,8-9,12-17H,6-7,10-11H2,1-2H3,(H,34,39)(H,35,38,41)/b25-17+. The summed E-state index contributed by atoms with van der Waals surface area (Å²) in [6.07, 6.45) is 5.53. The highest BCUT2D eigenvalue weighted by Crippen LogP contribution is 2.39. The number of nitrogens with zero attached hydrogens (tertiary/aromatic N) is 2. The molecule has 7 nitrogen and oxygen atoms in total. The Morgan fingerprint density at radius 3 is 2.50 bits per heavy atom. The lowest BCUT2D eigenvalue weighted by molar-refractivity contribution is -0.122. The number of nitrogens with one attached hydrogen (secondary N) is 2. The summed E-state index contributed by atoms with van der Waals surface area (Å²) in [5.74, 6) is -1.23. The second-order valence-electron chi connectivity index (χ2n) is 10.3. The van der Waals surface area contributed by atoms with Crippen molar-refractivity contribution in [2.75, 3.05) is 10.2 Å². The van der Waals surface area contributed by atoms with Gasteiger partial charge in [-0.2, -0.15) is 0 Å². The van der Waals surface area contributed by atoms with Crippen LogP contribution >= 0.6 is 35.2 Å². The molecule has 3 heterocycles. The number of hydrogen-bond acceptors (Lipinski definition) is 5. The van der Waals surface area contributed by atoms with Gasteiger partial charge in [0.2, 0.25) is 0 Å². The van der Waals surface area contributed by atoms with Gasteiger partial charge in [0.15, 0.2) is 5.11 Å². The normalized spacial score (nSPS) is 16.0. The number of amides is 3. The molecule has 2 N–H and O–H groups in total. The van der Waals surface area contributed by atoms with Crippen LogP contribution in [0.4, 0.5) is 11.4 Å². The van der Waals surface area contributed by atoms with Crippen molar-refractivity contribution in [2.45, 2.75) is 39.5 Å². The summed E-state index contributed by atoms with van der Waals surface area (Å²) in [6, 6.07) is 18.0. The molecule has 2 aromatic heterocycles. The average Bonchev–Trinajstić information content (AvgIpc) is 3.48. The molecule has 3 amide bonds. The van der Waals surface area contributed by atoms with Gasteiger partial charge in [-0.05, 0) is 111 Å². The SMILES string of the molecule is Cc1cc(/C=C2\C(=O)NC(=S)N(c3ccc(Cl)cc3)C2=O)c(C)n1-c1sc2c(c1C(=O)Nc1ccccc1)CCCC2. The fourth-order valence-electron chi connectivity index (χ4n) is 5.54. The molecular formula is C32H27ClN4O3S2. The molecule has 0 unspecified atom stereocenters. The van der Waals surface area contributed by atoms with E-state index in [9.17, 15) is 14.4 Å². The Balaban J connectivity index is 1.41. The van der Waals surface area contributed by atoms with E-state index in [0.29, 0.717) is 21.8 Å². The fourth-order valence-corrected chi connectivity index (χ4v) is 7.45.